The third-order valence-corrected chi connectivity index (χ3v) is 5.98. The fourth-order valence-corrected chi connectivity index (χ4v) is 4.29. The summed E-state index contributed by atoms with van der Waals surface area (Å²) in [7, 11) is 1.35. The molecule has 1 amide bonds. The molecule has 8 heteroatoms. The maximum absolute atomic E-state index is 14.1. The molecule has 0 aromatic heterocycles. The molecule has 1 atom stereocenters. The van der Waals surface area contributed by atoms with Crippen molar-refractivity contribution in [1.82, 2.24) is 0 Å². The molecule has 4 rings (SSSR count). The Labute approximate surface area is 207 Å². The summed E-state index contributed by atoms with van der Waals surface area (Å²) in [4.78, 5) is 40.3. The Morgan fingerprint density at radius 3 is 2.50 bits per heavy atom. The number of rotatable bonds is 6. The van der Waals surface area contributed by atoms with E-state index in [1.165, 1.54) is 24.1 Å². The summed E-state index contributed by atoms with van der Waals surface area (Å²) < 4.78 is 24.5. The molecule has 0 saturated carbocycles. The van der Waals surface area contributed by atoms with Crippen LogP contribution in [0.2, 0.25) is 0 Å². The molecule has 3 aromatic rings. The molecule has 0 spiro atoms. The van der Waals surface area contributed by atoms with Crippen LogP contribution in [0.5, 0.6) is 5.75 Å². The highest BCUT2D eigenvalue weighted by atomic mass is 19.1. The van der Waals surface area contributed by atoms with E-state index in [9.17, 15) is 23.9 Å². The molecule has 1 N–H and O–H groups in total. The van der Waals surface area contributed by atoms with Gasteiger partial charge in [0.1, 0.15) is 17.3 Å². The number of benzene rings is 3. The molecule has 1 heterocycles. The summed E-state index contributed by atoms with van der Waals surface area (Å²) in [6.45, 7) is 3.67. The van der Waals surface area contributed by atoms with Gasteiger partial charge in [0.15, 0.2) is 0 Å². The van der Waals surface area contributed by atoms with Crippen molar-refractivity contribution in [3.8, 4) is 5.75 Å². The number of hydrogen-bond acceptors (Lipinski definition) is 6. The van der Waals surface area contributed by atoms with Crippen LogP contribution in [0.15, 0.2) is 72.3 Å². The van der Waals surface area contributed by atoms with Crippen molar-refractivity contribution in [2.45, 2.75) is 19.9 Å². The maximum Gasteiger partial charge on any atom is 0.338 e. The van der Waals surface area contributed by atoms with Gasteiger partial charge < -0.3 is 14.6 Å². The lowest BCUT2D eigenvalue weighted by molar-refractivity contribution is -0.132. The third kappa shape index (κ3) is 4.33. The summed E-state index contributed by atoms with van der Waals surface area (Å²) in [5, 5.41) is 11.3. The van der Waals surface area contributed by atoms with E-state index in [4.69, 9.17) is 9.47 Å². The van der Waals surface area contributed by atoms with Crippen molar-refractivity contribution < 1.29 is 33.4 Å². The summed E-state index contributed by atoms with van der Waals surface area (Å²) in [6.07, 6.45) is 0. The number of aliphatic hydroxyl groups excluding tert-OH is 1. The molecule has 1 unspecified atom stereocenters. The molecule has 3 aromatic carbocycles. The number of anilines is 1. The van der Waals surface area contributed by atoms with Crippen LogP contribution in [-0.2, 0) is 14.3 Å². The van der Waals surface area contributed by atoms with Crippen molar-refractivity contribution in [2.75, 3.05) is 18.6 Å². The highest BCUT2D eigenvalue weighted by Gasteiger charge is 2.47. The molecular weight excluding hydrogens is 465 g/mol. The lowest BCUT2D eigenvalue weighted by atomic mass is 9.92. The first-order valence-electron chi connectivity index (χ1n) is 11.3. The number of halogens is 1. The Kier molecular flexibility index (Phi) is 6.87. The summed E-state index contributed by atoms with van der Waals surface area (Å²) in [5.41, 5.74) is 1.52. The van der Waals surface area contributed by atoms with Gasteiger partial charge in [-0.3, -0.25) is 14.5 Å². The first kappa shape index (κ1) is 24.7. The SMILES string of the molecule is CCOC(=O)c1cccc(N2C(=O)C(=O)/C(=C(/O)c3cc(F)ccc3OC)C2c2ccccc2C)c1. The van der Waals surface area contributed by atoms with E-state index in [1.54, 1.807) is 37.3 Å². The van der Waals surface area contributed by atoms with Gasteiger partial charge in [0, 0.05) is 5.69 Å². The standard InChI is InChI=1S/C28H24FNO6/c1-4-36-28(34)17-9-7-10-19(14-17)30-24(20-11-6-5-8-16(20)2)23(26(32)27(30)33)25(31)21-15-18(29)12-13-22(21)35-3/h5-15,24,31H,4H2,1-3H3/b25-23+. The van der Waals surface area contributed by atoms with Crippen LogP contribution in [-0.4, -0.2) is 36.5 Å². The van der Waals surface area contributed by atoms with Gasteiger partial charge in [-0.2, -0.15) is 0 Å². The number of hydrogen-bond donors (Lipinski definition) is 1. The molecular formula is C28H24FNO6. The topological polar surface area (TPSA) is 93.1 Å². The van der Waals surface area contributed by atoms with Crippen LogP contribution < -0.4 is 9.64 Å². The van der Waals surface area contributed by atoms with Crippen LogP contribution in [0.4, 0.5) is 10.1 Å². The molecule has 36 heavy (non-hydrogen) atoms. The highest BCUT2D eigenvalue weighted by Crippen LogP contribution is 2.44. The Morgan fingerprint density at radius 1 is 1.06 bits per heavy atom. The number of carbonyl (C=O) groups is 3. The van der Waals surface area contributed by atoms with Gasteiger partial charge in [-0.05, 0) is 61.4 Å². The van der Waals surface area contributed by atoms with Crippen molar-refractivity contribution >= 4 is 29.1 Å². The predicted octanol–water partition coefficient (Wildman–Crippen LogP) is 4.95. The van der Waals surface area contributed by atoms with Gasteiger partial charge in [-0.25, -0.2) is 9.18 Å². The molecule has 1 aliphatic heterocycles. The van der Waals surface area contributed by atoms with Crippen molar-refractivity contribution in [3.63, 3.8) is 0 Å². The van der Waals surface area contributed by atoms with E-state index in [0.717, 1.165) is 17.7 Å². The number of nitrogens with zero attached hydrogens (tertiary/aromatic N) is 1. The molecule has 0 aliphatic carbocycles. The second-order valence-corrected chi connectivity index (χ2v) is 8.14. The van der Waals surface area contributed by atoms with Crippen LogP contribution >= 0.6 is 0 Å². The van der Waals surface area contributed by atoms with Crippen LogP contribution in [0.1, 0.15) is 40.0 Å². The second kappa shape index (κ2) is 10.0. The maximum atomic E-state index is 14.1. The van der Waals surface area contributed by atoms with E-state index in [2.05, 4.69) is 0 Å². The Balaban J connectivity index is 1.97. The first-order chi connectivity index (χ1) is 17.3. The van der Waals surface area contributed by atoms with Gasteiger partial charge in [0.2, 0.25) is 0 Å². The van der Waals surface area contributed by atoms with Gasteiger partial charge in [-0.15, -0.1) is 0 Å². The lowest BCUT2D eigenvalue weighted by Gasteiger charge is -2.27. The Hall–Kier alpha value is -4.46. The summed E-state index contributed by atoms with van der Waals surface area (Å²) in [6, 6.07) is 15.7. The predicted molar refractivity (Wildman–Crippen MR) is 131 cm³/mol. The van der Waals surface area contributed by atoms with E-state index in [1.807, 2.05) is 19.1 Å². The van der Waals surface area contributed by atoms with E-state index in [-0.39, 0.29) is 34.7 Å². The lowest BCUT2D eigenvalue weighted by Crippen LogP contribution is -2.30. The Bertz CT molecular complexity index is 1400. The van der Waals surface area contributed by atoms with Gasteiger partial charge in [0.05, 0.1) is 36.5 Å². The second-order valence-electron chi connectivity index (χ2n) is 8.14. The highest BCUT2D eigenvalue weighted by molar-refractivity contribution is 6.51. The number of ketones is 1. The quantitative estimate of drug-likeness (QED) is 0.228. The number of carbonyl (C=O) groups excluding carboxylic acids is 3. The minimum atomic E-state index is -1.04. The average Bonchev–Trinajstić information content (AvgIpc) is 3.14. The molecule has 7 nitrogen and oxygen atoms in total. The van der Waals surface area contributed by atoms with E-state index < -0.39 is 35.3 Å². The van der Waals surface area contributed by atoms with Crippen LogP contribution in [0, 0.1) is 12.7 Å². The minimum absolute atomic E-state index is 0.0608. The number of Topliss-reactive ketones (excluding diaryl/α,β-unsaturated/α-hetero) is 1. The molecule has 1 fully saturated rings. The van der Waals surface area contributed by atoms with Crippen LogP contribution in [0.3, 0.4) is 0 Å². The van der Waals surface area contributed by atoms with E-state index in [0.29, 0.717) is 5.56 Å². The monoisotopic (exact) mass is 489 g/mol. The van der Waals surface area contributed by atoms with Crippen molar-refractivity contribution in [3.05, 3.63) is 100 Å². The van der Waals surface area contributed by atoms with Gasteiger partial charge in [-0.1, -0.05) is 30.3 Å². The number of aliphatic hydroxyl groups is 1. The van der Waals surface area contributed by atoms with Crippen molar-refractivity contribution in [1.29, 1.82) is 0 Å². The van der Waals surface area contributed by atoms with Crippen LogP contribution in [0.25, 0.3) is 5.76 Å². The number of methoxy groups -OCH3 is 1. The number of ether oxygens (including phenoxy) is 2. The van der Waals surface area contributed by atoms with Crippen molar-refractivity contribution in [2.24, 2.45) is 0 Å². The molecule has 0 bridgehead atoms. The number of aryl methyl sites for hydroxylation is 1. The summed E-state index contributed by atoms with van der Waals surface area (Å²) in [5.74, 6) is -3.52. The molecule has 1 saturated heterocycles. The van der Waals surface area contributed by atoms with E-state index >= 15 is 0 Å². The number of amides is 1. The molecule has 184 valence electrons. The largest absolute Gasteiger partial charge is 0.507 e. The molecule has 1 aliphatic rings. The Morgan fingerprint density at radius 2 is 1.81 bits per heavy atom. The fraction of sp³-hybridized carbons (Fsp3) is 0.179. The first-order valence-corrected chi connectivity index (χ1v) is 11.3. The molecule has 0 radical (unpaired) electrons. The van der Waals surface area contributed by atoms with Gasteiger partial charge >= 0.3 is 5.97 Å². The average molecular weight is 489 g/mol. The summed E-state index contributed by atoms with van der Waals surface area (Å²) >= 11 is 0. The smallest absolute Gasteiger partial charge is 0.338 e. The minimum Gasteiger partial charge on any atom is -0.507 e. The zero-order valence-electron chi connectivity index (χ0n) is 19.9. The fourth-order valence-electron chi connectivity index (χ4n) is 4.29. The number of esters is 1. The normalized spacial score (nSPS) is 16.8. The zero-order valence-corrected chi connectivity index (χ0v) is 19.9. The zero-order chi connectivity index (χ0) is 26.0. The van der Waals surface area contributed by atoms with Gasteiger partial charge in [0.25, 0.3) is 11.7 Å². The third-order valence-electron chi connectivity index (χ3n) is 5.98.